The first-order chi connectivity index (χ1) is 12.5. The highest BCUT2D eigenvalue weighted by atomic mass is 35.5. The van der Waals surface area contributed by atoms with Gasteiger partial charge in [-0.25, -0.2) is 4.79 Å². The molecule has 5 nitrogen and oxygen atoms in total. The van der Waals surface area contributed by atoms with E-state index < -0.39 is 0 Å². The zero-order valence-electron chi connectivity index (χ0n) is 14.1. The van der Waals surface area contributed by atoms with Gasteiger partial charge in [0.25, 0.3) is 0 Å². The van der Waals surface area contributed by atoms with E-state index in [4.69, 9.17) is 23.2 Å². The van der Waals surface area contributed by atoms with Gasteiger partial charge in [0.2, 0.25) is 5.91 Å². The first-order valence-electron chi connectivity index (χ1n) is 8.32. The smallest absolute Gasteiger partial charge is 0.320 e. The fourth-order valence-corrected chi connectivity index (χ4v) is 3.22. The first kappa shape index (κ1) is 18.5. The van der Waals surface area contributed by atoms with E-state index in [2.05, 4.69) is 5.32 Å². The van der Waals surface area contributed by atoms with Gasteiger partial charge in [-0.2, -0.15) is 0 Å². The van der Waals surface area contributed by atoms with Crippen molar-refractivity contribution in [1.29, 1.82) is 0 Å². The van der Waals surface area contributed by atoms with Crippen molar-refractivity contribution < 1.29 is 9.59 Å². The second kappa shape index (κ2) is 8.43. The molecule has 0 unspecified atom stereocenters. The lowest BCUT2D eigenvalue weighted by atomic mass is 10.2. The van der Waals surface area contributed by atoms with Gasteiger partial charge in [-0.3, -0.25) is 4.79 Å². The van der Waals surface area contributed by atoms with Crippen LogP contribution in [0.5, 0.6) is 0 Å². The number of hydrogen-bond acceptors (Lipinski definition) is 2. The molecule has 3 amide bonds. The number of halogens is 2. The Bertz CT molecular complexity index is 813. The number of nitrogens with zero attached hydrogens (tertiary/aromatic N) is 2. The zero-order chi connectivity index (χ0) is 18.5. The Morgan fingerprint density at radius 3 is 2.15 bits per heavy atom. The number of benzene rings is 2. The average Bonchev–Trinajstić information content (AvgIpc) is 2.96. The quantitative estimate of drug-likeness (QED) is 0.818. The topological polar surface area (TPSA) is 52.7 Å². The summed E-state index contributed by atoms with van der Waals surface area (Å²) in [5.41, 5.74) is 1.74. The Balaban J connectivity index is 1.51. The van der Waals surface area contributed by atoms with E-state index in [1.807, 2.05) is 36.4 Å². The largest absolute Gasteiger partial charge is 0.350 e. The molecule has 2 aromatic carbocycles. The van der Waals surface area contributed by atoms with Crippen molar-refractivity contribution >= 4 is 35.1 Å². The van der Waals surface area contributed by atoms with Gasteiger partial charge in [0.05, 0.1) is 0 Å². The van der Waals surface area contributed by atoms with Gasteiger partial charge < -0.3 is 15.1 Å². The minimum absolute atomic E-state index is 0.0301. The highest BCUT2D eigenvalue weighted by Gasteiger charge is 2.30. The monoisotopic (exact) mass is 391 g/mol. The maximum atomic E-state index is 12.5. The second-order valence-electron chi connectivity index (χ2n) is 6.09. The minimum Gasteiger partial charge on any atom is -0.350 e. The Morgan fingerprint density at radius 2 is 1.50 bits per heavy atom. The van der Waals surface area contributed by atoms with Crippen LogP contribution in [0.15, 0.2) is 48.5 Å². The molecule has 1 saturated heterocycles. The van der Waals surface area contributed by atoms with Crippen molar-refractivity contribution in [2.75, 3.05) is 19.6 Å². The molecule has 1 aliphatic heterocycles. The summed E-state index contributed by atoms with van der Waals surface area (Å²) < 4.78 is 0. The van der Waals surface area contributed by atoms with E-state index >= 15 is 0 Å². The van der Waals surface area contributed by atoms with Gasteiger partial charge in [0, 0.05) is 36.2 Å². The Kier molecular flexibility index (Phi) is 6.01. The average molecular weight is 392 g/mol. The molecule has 1 fully saturated rings. The summed E-state index contributed by atoms with van der Waals surface area (Å²) in [6, 6.07) is 14.6. The molecule has 0 saturated carbocycles. The lowest BCUT2D eigenvalue weighted by Crippen LogP contribution is -2.39. The predicted octanol–water partition coefficient (Wildman–Crippen LogP) is 3.55. The maximum absolute atomic E-state index is 12.5. The molecular formula is C19H19Cl2N3O2. The van der Waals surface area contributed by atoms with Gasteiger partial charge in [-0.1, -0.05) is 59.6 Å². The number of carbonyl (C=O) groups excluding carboxylic acids is 2. The van der Waals surface area contributed by atoms with Gasteiger partial charge in [0.1, 0.15) is 6.54 Å². The molecule has 136 valence electrons. The summed E-state index contributed by atoms with van der Waals surface area (Å²) >= 11 is 12.2. The van der Waals surface area contributed by atoms with Gasteiger partial charge in [0.15, 0.2) is 0 Å². The van der Waals surface area contributed by atoms with Gasteiger partial charge >= 0.3 is 6.03 Å². The fraction of sp³-hybridized carbons (Fsp3) is 0.263. The lowest BCUT2D eigenvalue weighted by molar-refractivity contribution is -0.121. The SMILES string of the molecule is O=C(CN1CCN(Cc2ccccc2Cl)C1=O)NCc1ccccc1Cl. The Morgan fingerprint density at radius 1 is 0.923 bits per heavy atom. The number of amides is 3. The molecule has 1 heterocycles. The fourth-order valence-electron chi connectivity index (χ4n) is 2.82. The third-order valence-corrected chi connectivity index (χ3v) is 5.01. The van der Waals surface area contributed by atoms with Crippen molar-refractivity contribution in [2.45, 2.75) is 13.1 Å². The molecule has 1 N–H and O–H groups in total. The van der Waals surface area contributed by atoms with Gasteiger partial charge in [-0.05, 0) is 23.3 Å². The lowest BCUT2D eigenvalue weighted by Gasteiger charge is -2.19. The molecule has 0 radical (unpaired) electrons. The summed E-state index contributed by atoms with van der Waals surface area (Å²) in [6.45, 7) is 1.90. The molecule has 1 aliphatic rings. The number of carbonyl (C=O) groups is 2. The van der Waals surface area contributed by atoms with E-state index in [0.717, 1.165) is 11.1 Å². The van der Waals surface area contributed by atoms with E-state index in [9.17, 15) is 9.59 Å². The molecule has 0 aliphatic carbocycles. The van der Waals surface area contributed by atoms with Crippen LogP contribution in [0.2, 0.25) is 10.0 Å². The van der Waals surface area contributed by atoms with Crippen LogP contribution in [0.1, 0.15) is 11.1 Å². The van der Waals surface area contributed by atoms with Crippen LogP contribution in [0.3, 0.4) is 0 Å². The van der Waals surface area contributed by atoms with E-state index in [0.29, 0.717) is 36.2 Å². The molecule has 26 heavy (non-hydrogen) atoms. The molecule has 3 rings (SSSR count). The number of urea groups is 1. The molecule has 0 spiro atoms. The van der Waals surface area contributed by atoms with E-state index in [-0.39, 0.29) is 18.5 Å². The first-order valence-corrected chi connectivity index (χ1v) is 9.07. The van der Waals surface area contributed by atoms with Crippen LogP contribution >= 0.6 is 23.2 Å². The van der Waals surface area contributed by atoms with Crippen LogP contribution in [0.4, 0.5) is 4.79 Å². The number of rotatable bonds is 6. The van der Waals surface area contributed by atoms with Crippen LogP contribution in [-0.4, -0.2) is 41.4 Å². The van der Waals surface area contributed by atoms with E-state index in [1.54, 1.807) is 21.9 Å². The van der Waals surface area contributed by atoms with Crippen molar-refractivity contribution in [3.8, 4) is 0 Å². The van der Waals surface area contributed by atoms with E-state index in [1.165, 1.54) is 0 Å². The summed E-state index contributed by atoms with van der Waals surface area (Å²) in [7, 11) is 0. The molecule has 2 aromatic rings. The highest BCUT2D eigenvalue weighted by Crippen LogP contribution is 2.20. The van der Waals surface area contributed by atoms with Crippen molar-refractivity contribution in [2.24, 2.45) is 0 Å². The normalized spacial score (nSPS) is 14.0. The molecule has 7 heteroatoms. The van der Waals surface area contributed by atoms with Gasteiger partial charge in [-0.15, -0.1) is 0 Å². The van der Waals surface area contributed by atoms with Crippen LogP contribution in [0.25, 0.3) is 0 Å². The van der Waals surface area contributed by atoms with Crippen molar-refractivity contribution in [3.63, 3.8) is 0 Å². The third kappa shape index (κ3) is 4.48. The Labute approximate surface area is 162 Å². The number of hydrogen-bond donors (Lipinski definition) is 1. The summed E-state index contributed by atoms with van der Waals surface area (Å²) in [5, 5.41) is 4.05. The van der Waals surface area contributed by atoms with Crippen molar-refractivity contribution in [1.82, 2.24) is 15.1 Å². The standard InChI is InChI=1S/C19H19Cl2N3O2/c20-16-7-3-1-5-14(16)11-22-18(25)13-24-10-9-23(19(24)26)12-15-6-2-4-8-17(15)21/h1-8H,9-13H2,(H,22,25). The zero-order valence-corrected chi connectivity index (χ0v) is 15.6. The summed E-state index contributed by atoms with van der Waals surface area (Å²) in [5.74, 6) is -0.210. The van der Waals surface area contributed by atoms with Crippen LogP contribution in [-0.2, 0) is 17.9 Å². The minimum atomic E-state index is -0.210. The predicted molar refractivity (Wildman–Crippen MR) is 102 cm³/mol. The number of nitrogens with one attached hydrogen (secondary N) is 1. The Hall–Kier alpha value is -2.24. The second-order valence-corrected chi connectivity index (χ2v) is 6.90. The third-order valence-electron chi connectivity index (χ3n) is 4.27. The maximum Gasteiger partial charge on any atom is 0.320 e. The van der Waals surface area contributed by atoms with Crippen molar-refractivity contribution in [3.05, 3.63) is 69.7 Å². The molecule has 0 aromatic heterocycles. The highest BCUT2D eigenvalue weighted by molar-refractivity contribution is 6.31. The van der Waals surface area contributed by atoms with Crippen LogP contribution < -0.4 is 5.32 Å². The molecular weight excluding hydrogens is 373 g/mol. The van der Waals surface area contributed by atoms with Crippen LogP contribution in [0, 0.1) is 0 Å². The summed E-state index contributed by atoms with van der Waals surface area (Å²) in [4.78, 5) is 27.9. The summed E-state index contributed by atoms with van der Waals surface area (Å²) in [6.07, 6.45) is 0. The molecule has 0 atom stereocenters. The molecule has 0 bridgehead atoms.